The highest BCUT2D eigenvalue weighted by atomic mass is 16.6. The zero-order valence-corrected chi connectivity index (χ0v) is 13.0. The number of amides is 2. The molecule has 7 nitrogen and oxygen atoms in total. The zero-order chi connectivity index (χ0) is 17.0. The smallest absolute Gasteiger partial charge is 0.414 e. The Kier molecular flexibility index (Phi) is 5.10. The molecule has 0 spiro atoms. The van der Waals surface area contributed by atoms with E-state index in [1.165, 1.54) is 18.7 Å². The molecule has 1 N–H and O–H groups in total. The summed E-state index contributed by atoms with van der Waals surface area (Å²) in [4.78, 5) is 46.8. The standard InChI is InChI=1S/C16H18N2O5/c1-10(19)7-15(21)17-8-14-9-18(16(22)23-14)13-5-3-12(4-6-13)11(2)20/h3-6,14H,7-9H2,1-2H3,(H,17,21)/t14-/m0/s1. The number of ether oxygens (including phenoxy) is 1. The number of ketones is 2. The molecule has 1 heterocycles. The minimum atomic E-state index is -0.508. The molecule has 1 atom stereocenters. The van der Waals surface area contributed by atoms with Gasteiger partial charge < -0.3 is 10.1 Å². The van der Waals surface area contributed by atoms with Crippen molar-refractivity contribution >= 4 is 29.3 Å². The van der Waals surface area contributed by atoms with E-state index in [1.807, 2.05) is 0 Å². The van der Waals surface area contributed by atoms with Gasteiger partial charge >= 0.3 is 6.09 Å². The molecule has 7 heteroatoms. The molecule has 1 aromatic rings. The number of cyclic esters (lactones) is 1. The first-order valence-electron chi connectivity index (χ1n) is 7.22. The normalized spacial score (nSPS) is 16.9. The van der Waals surface area contributed by atoms with Gasteiger partial charge in [-0.3, -0.25) is 19.3 Å². The summed E-state index contributed by atoms with van der Waals surface area (Å²) in [5.41, 5.74) is 1.19. The number of hydrogen-bond acceptors (Lipinski definition) is 5. The van der Waals surface area contributed by atoms with Crippen LogP contribution in [-0.4, -0.2) is 42.8 Å². The molecule has 1 aliphatic rings. The van der Waals surface area contributed by atoms with Crippen molar-refractivity contribution in [1.82, 2.24) is 5.32 Å². The van der Waals surface area contributed by atoms with Crippen LogP contribution in [0.3, 0.4) is 0 Å². The lowest BCUT2D eigenvalue weighted by atomic mass is 10.1. The predicted octanol–water partition coefficient (Wildman–Crippen LogP) is 1.31. The molecule has 1 aromatic carbocycles. The molecule has 1 aliphatic heterocycles. The highest BCUT2D eigenvalue weighted by Crippen LogP contribution is 2.22. The van der Waals surface area contributed by atoms with Gasteiger partial charge in [-0.15, -0.1) is 0 Å². The number of anilines is 1. The van der Waals surface area contributed by atoms with Crippen molar-refractivity contribution < 1.29 is 23.9 Å². The second-order valence-corrected chi connectivity index (χ2v) is 5.40. The third kappa shape index (κ3) is 4.38. The lowest BCUT2D eigenvalue weighted by Gasteiger charge is -2.13. The summed E-state index contributed by atoms with van der Waals surface area (Å²) in [6, 6.07) is 6.64. The average Bonchev–Trinajstić information content (AvgIpc) is 2.85. The molecule has 2 rings (SSSR count). The fourth-order valence-electron chi connectivity index (χ4n) is 2.23. The summed E-state index contributed by atoms with van der Waals surface area (Å²) < 4.78 is 5.18. The van der Waals surface area contributed by atoms with Gasteiger partial charge in [0.2, 0.25) is 5.91 Å². The molecule has 0 saturated carbocycles. The Morgan fingerprint density at radius 2 is 1.87 bits per heavy atom. The Morgan fingerprint density at radius 3 is 2.43 bits per heavy atom. The van der Waals surface area contributed by atoms with Gasteiger partial charge in [-0.25, -0.2) is 4.79 Å². The Morgan fingerprint density at radius 1 is 1.22 bits per heavy atom. The molecule has 1 saturated heterocycles. The quantitative estimate of drug-likeness (QED) is 0.630. The number of nitrogens with zero attached hydrogens (tertiary/aromatic N) is 1. The largest absolute Gasteiger partial charge is 0.442 e. The molecule has 0 unspecified atom stereocenters. The fraction of sp³-hybridized carbons (Fsp3) is 0.375. The van der Waals surface area contributed by atoms with Gasteiger partial charge in [-0.2, -0.15) is 0 Å². The Hall–Kier alpha value is -2.70. The van der Waals surface area contributed by atoms with Crippen molar-refractivity contribution in [3.63, 3.8) is 0 Å². The third-order valence-electron chi connectivity index (χ3n) is 3.40. The van der Waals surface area contributed by atoms with E-state index in [9.17, 15) is 19.2 Å². The van der Waals surface area contributed by atoms with Crippen LogP contribution in [0.2, 0.25) is 0 Å². The fourth-order valence-corrected chi connectivity index (χ4v) is 2.23. The van der Waals surface area contributed by atoms with Crippen molar-refractivity contribution in [3.05, 3.63) is 29.8 Å². The number of Topliss-reactive ketones (excluding diaryl/α,β-unsaturated/α-hetero) is 2. The maximum Gasteiger partial charge on any atom is 0.414 e. The first kappa shape index (κ1) is 16.7. The number of carbonyl (C=O) groups is 4. The first-order valence-corrected chi connectivity index (χ1v) is 7.22. The maximum atomic E-state index is 11.9. The maximum absolute atomic E-state index is 11.9. The topological polar surface area (TPSA) is 92.8 Å². The van der Waals surface area contributed by atoms with Crippen LogP contribution >= 0.6 is 0 Å². The van der Waals surface area contributed by atoms with Crippen LogP contribution in [0.15, 0.2) is 24.3 Å². The van der Waals surface area contributed by atoms with Crippen LogP contribution in [0, 0.1) is 0 Å². The Balaban J connectivity index is 1.93. The predicted molar refractivity (Wildman–Crippen MR) is 82.4 cm³/mol. The van der Waals surface area contributed by atoms with Crippen LogP contribution in [0.4, 0.5) is 10.5 Å². The van der Waals surface area contributed by atoms with Crippen molar-refractivity contribution in [1.29, 1.82) is 0 Å². The molecular formula is C16H18N2O5. The molecule has 0 bridgehead atoms. The van der Waals surface area contributed by atoms with Crippen LogP contribution in [0.25, 0.3) is 0 Å². The summed E-state index contributed by atoms with van der Waals surface area (Å²) in [6.45, 7) is 3.25. The minimum absolute atomic E-state index is 0.0494. The van der Waals surface area contributed by atoms with Gasteiger partial charge in [-0.05, 0) is 38.1 Å². The molecule has 122 valence electrons. The second-order valence-electron chi connectivity index (χ2n) is 5.40. The van der Waals surface area contributed by atoms with E-state index < -0.39 is 18.1 Å². The van der Waals surface area contributed by atoms with E-state index >= 15 is 0 Å². The second kappa shape index (κ2) is 7.04. The highest BCUT2D eigenvalue weighted by molar-refractivity contribution is 5.97. The molecule has 0 radical (unpaired) electrons. The van der Waals surface area contributed by atoms with Crippen molar-refractivity contribution in [2.45, 2.75) is 26.4 Å². The van der Waals surface area contributed by atoms with E-state index in [2.05, 4.69) is 5.32 Å². The van der Waals surface area contributed by atoms with E-state index in [4.69, 9.17) is 4.74 Å². The third-order valence-corrected chi connectivity index (χ3v) is 3.40. The first-order chi connectivity index (χ1) is 10.9. The van der Waals surface area contributed by atoms with Crippen molar-refractivity contribution in [3.8, 4) is 0 Å². The summed E-state index contributed by atoms with van der Waals surface area (Å²) in [5, 5.41) is 2.56. The van der Waals surface area contributed by atoms with Gasteiger partial charge in [0.15, 0.2) is 5.78 Å². The van der Waals surface area contributed by atoms with Gasteiger partial charge in [0, 0.05) is 11.3 Å². The van der Waals surface area contributed by atoms with E-state index in [0.717, 1.165) is 0 Å². The van der Waals surface area contributed by atoms with Crippen LogP contribution in [-0.2, 0) is 14.3 Å². The van der Waals surface area contributed by atoms with Gasteiger partial charge in [-0.1, -0.05) is 0 Å². The number of carbonyl (C=O) groups excluding carboxylic acids is 4. The Bertz CT molecular complexity index is 638. The molecule has 0 aliphatic carbocycles. The number of nitrogens with one attached hydrogen (secondary N) is 1. The lowest BCUT2D eigenvalue weighted by molar-refractivity contribution is -0.127. The summed E-state index contributed by atoms with van der Waals surface area (Å²) >= 11 is 0. The van der Waals surface area contributed by atoms with E-state index in [1.54, 1.807) is 24.3 Å². The number of benzene rings is 1. The summed E-state index contributed by atoms with van der Waals surface area (Å²) in [6.07, 6.45) is -1.17. The van der Waals surface area contributed by atoms with E-state index in [0.29, 0.717) is 17.8 Å². The van der Waals surface area contributed by atoms with Crippen LogP contribution < -0.4 is 10.2 Å². The van der Waals surface area contributed by atoms with Gasteiger partial charge in [0.1, 0.15) is 11.9 Å². The zero-order valence-electron chi connectivity index (χ0n) is 13.0. The van der Waals surface area contributed by atoms with E-state index in [-0.39, 0.29) is 24.5 Å². The van der Waals surface area contributed by atoms with Crippen molar-refractivity contribution in [2.24, 2.45) is 0 Å². The van der Waals surface area contributed by atoms with Gasteiger partial charge in [0.25, 0.3) is 0 Å². The summed E-state index contributed by atoms with van der Waals surface area (Å²) in [7, 11) is 0. The molecular weight excluding hydrogens is 300 g/mol. The Labute approximate surface area is 133 Å². The lowest BCUT2D eigenvalue weighted by Crippen LogP contribution is -2.35. The minimum Gasteiger partial charge on any atom is -0.442 e. The highest BCUT2D eigenvalue weighted by Gasteiger charge is 2.32. The molecule has 2 amide bonds. The molecule has 1 fully saturated rings. The summed E-state index contributed by atoms with van der Waals surface area (Å²) in [5.74, 6) is -0.664. The van der Waals surface area contributed by atoms with Crippen molar-refractivity contribution in [2.75, 3.05) is 18.0 Å². The average molecular weight is 318 g/mol. The SMILES string of the molecule is CC(=O)CC(=O)NC[C@H]1CN(c2ccc(C(C)=O)cc2)C(=O)O1. The molecule has 23 heavy (non-hydrogen) atoms. The number of hydrogen-bond donors (Lipinski definition) is 1. The van der Waals surface area contributed by atoms with Gasteiger partial charge in [0.05, 0.1) is 19.5 Å². The monoisotopic (exact) mass is 318 g/mol. The van der Waals surface area contributed by atoms with Crippen LogP contribution in [0.5, 0.6) is 0 Å². The van der Waals surface area contributed by atoms with Crippen LogP contribution in [0.1, 0.15) is 30.6 Å². The number of rotatable bonds is 6. The molecule has 0 aromatic heterocycles.